The third-order valence-electron chi connectivity index (χ3n) is 4.35. The number of pyridine rings is 1. The summed E-state index contributed by atoms with van der Waals surface area (Å²) >= 11 is 3.45. The van der Waals surface area contributed by atoms with Crippen molar-refractivity contribution >= 4 is 27.5 Å². The lowest BCUT2D eigenvalue weighted by Crippen LogP contribution is -2.29. The van der Waals surface area contributed by atoms with E-state index >= 15 is 0 Å². The number of aliphatic hydroxyl groups excluding tert-OH is 1. The van der Waals surface area contributed by atoms with Crippen molar-refractivity contribution in [3.8, 4) is 0 Å². The molecule has 0 saturated carbocycles. The maximum absolute atomic E-state index is 12.7. The molecule has 7 heteroatoms. The Bertz CT molecular complexity index is 796. The maximum atomic E-state index is 12.7. The molecule has 0 unspecified atom stereocenters. The largest absolute Gasteiger partial charge is 0.459 e. The molecule has 2 N–H and O–H groups in total. The van der Waals surface area contributed by atoms with Gasteiger partial charge in [0.1, 0.15) is 0 Å². The molecular formula is C21H23BrN2O4. The molecule has 28 heavy (non-hydrogen) atoms. The summed E-state index contributed by atoms with van der Waals surface area (Å²) in [7, 11) is 0. The van der Waals surface area contributed by atoms with Gasteiger partial charge in [0.05, 0.1) is 18.5 Å². The van der Waals surface area contributed by atoms with Crippen LogP contribution in [0.1, 0.15) is 30.7 Å². The highest BCUT2D eigenvalue weighted by atomic mass is 79.9. The van der Waals surface area contributed by atoms with E-state index in [4.69, 9.17) is 14.6 Å². The Balaban J connectivity index is 1.74. The van der Waals surface area contributed by atoms with Crippen molar-refractivity contribution in [3.63, 3.8) is 0 Å². The van der Waals surface area contributed by atoms with Crippen LogP contribution in [-0.4, -0.2) is 35.5 Å². The van der Waals surface area contributed by atoms with E-state index < -0.39 is 6.29 Å². The van der Waals surface area contributed by atoms with Crippen molar-refractivity contribution in [2.24, 2.45) is 0 Å². The fourth-order valence-electron chi connectivity index (χ4n) is 2.92. The molecule has 0 bridgehead atoms. The maximum Gasteiger partial charge on any atom is 0.290 e. The minimum atomic E-state index is -0.521. The van der Waals surface area contributed by atoms with Crippen LogP contribution in [0, 0.1) is 0 Å². The van der Waals surface area contributed by atoms with Gasteiger partial charge in [0.2, 0.25) is 6.29 Å². The zero-order chi connectivity index (χ0) is 19.8. The Morgan fingerprint density at radius 2 is 2.11 bits per heavy atom. The van der Waals surface area contributed by atoms with Crippen molar-refractivity contribution in [3.05, 3.63) is 70.7 Å². The number of allylic oxidation sites excluding steroid dienone is 1. The number of hydrogen-bond acceptors (Lipinski definition) is 5. The number of nitrogens with zero attached hydrogens (tertiary/aromatic N) is 1. The number of carbonyl (C=O) groups is 1. The summed E-state index contributed by atoms with van der Waals surface area (Å²) in [5.74, 6) is -0.103. The molecule has 0 aliphatic carbocycles. The van der Waals surface area contributed by atoms with Crippen LogP contribution in [0.15, 0.2) is 65.1 Å². The van der Waals surface area contributed by atoms with E-state index in [0.717, 1.165) is 16.5 Å². The standard InChI is InChI=1S/C21H23BrN2O4/c22-17-7-5-15(6-8-17)16-12-19(21(26)24-18-4-3-9-23-14-18)28-20(13-16)27-11-2-1-10-25/h3-9,12,14,16,20,25H,1-2,10-11,13H2,(H,24,26)/t16-,20+/m0/s1. The smallest absolute Gasteiger partial charge is 0.290 e. The van der Waals surface area contributed by atoms with E-state index in [9.17, 15) is 4.79 Å². The molecule has 0 saturated heterocycles. The summed E-state index contributed by atoms with van der Waals surface area (Å²) in [4.78, 5) is 16.7. The minimum absolute atomic E-state index is 0.000611. The summed E-state index contributed by atoms with van der Waals surface area (Å²) in [5, 5.41) is 11.7. The van der Waals surface area contributed by atoms with Crippen molar-refractivity contribution in [1.29, 1.82) is 0 Å². The fourth-order valence-corrected chi connectivity index (χ4v) is 3.18. The fraction of sp³-hybridized carbons (Fsp3) is 0.333. The molecule has 2 atom stereocenters. The van der Waals surface area contributed by atoms with Crippen LogP contribution in [0.25, 0.3) is 0 Å². The number of unbranched alkanes of at least 4 members (excludes halogenated alkanes) is 1. The molecule has 1 aromatic carbocycles. The first kappa shape index (κ1) is 20.5. The molecule has 6 nitrogen and oxygen atoms in total. The van der Waals surface area contributed by atoms with Gasteiger partial charge in [0.25, 0.3) is 5.91 Å². The van der Waals surface area contributed by atoms with Crippen molar-refractivity contribution in [2.45, 2.75) is 31.5 Å². The van der Waals surface area contributed by atoms with Crippen LogP contribution in [0.4, 0.5) is 5.69 Å². The van der Waals surface area contributed by atoms with Crippen molar-refractivity contribution in [1.82, 2.24) is 4.98 Å². The summed E-state index contributed by atoms with van der Waals surface area (Å²) in [6.45, 7) is 0.602. The van der Waals surface area contributed by atoms with Gasteiger partial charge in [0.15, 0.2) is 5.76 Å². The molecule has 2 heterocycles. The van der Waals surface area contributed by atoms with Gasteiger partial charge in [-0.2, -0.15) is 0 Å². The quantitative estimate of drug-likeness (QED) is 0.599. The summed E-state index contributed by atoms with van der Waals surface area (Å²) < 4.78 is 12.6. The van der Waals surface area contributed by atoms with Crippen LogP contribution in [0.5, 0.6) is 0 Å². The Hall–Kier alpha value is -2.22. The predicted octanol–water partition coefficient (Wildman–Crippen LogP) is 3.99. The number of aliphatic hydroxyl groups is 1. The van der Waals surface area contributed by atoms with Crippen LogP contribution in [0.2, 0.25) is 0 Å². The highest BCUT2D eigenvalue weighted by Crippen LogP contribution is 2.32. The monoisotopic (exact) mass is 446 g/mol. The van der Waals surface area contributed by atoms with Gasteiger partial charge in [-0.05, 0) is 48.7 Å². The summed E-state index contributed by atoms with van der Waals surface area (Å²) in [5.41, 5.74) is 1.69. The zero-order valence-corrected chi connectivity index (χ0v) is 17.0. The molecule has 0 spiro atoms. The van der Waals surface area contributed by atoms with Crippen LogP contribution in [-0.2, 0) is 14.3 Å². The second-order valence-corrected chi connectivity index (χ2v) is 7.39. The van der Waals surface area contributed by atoms with Gasteiger partial charge in [0, 0.05) is 29.6 Å². The summed E-state index contributed by atoms with van der Waals surface area (Å²) in [6.07, 6.45) is 6.56. The topological polar surface area (TPSA) is 80.7 Å². The number of ether oxygens (including phenoxy) is 2. The average molecular weight is 447 g/mol. The summed E-state index contributed by atoms with van der Waals surface area (Å²) in [6, 6.07) is 11.5. The molecule has 1 amide bonds. The van der Waals surface area contributed by atoms with Crippen molar-refractivity contribution in [2.75, 3.05) is 18.5 Å². The second kappa shape index (κ2) is 10.4. The van der Waals surface area contributed by atoms with Crippen molar-refractivity contribution < 1.29 is 19.4 Å². The third kappa shape index (κ3) is 5.89. The van der Waals surface area contributed by atoms with E-state index in [1.165, 1.54) is 0 Å². The highest BCUT2D eigenvalue weighted by Gasteiger charge is 2.28. The first-order valence-electron chi connectivity index (χ1n) is 9.23. The molecule has 1 aliphatic heterocycles. The van der Waals surface area contributed by atoms with Crippen LogP contribution >= 0.6 is 15.9 Å². The van der Waals surface area contributed by atoms with E-state index in [0.29, 0.717) is 25.1 Å². The van der Waals surface area contributed by atoms with Gasteiger partial charge < -0.3 is 19.9 Å². The Kier molecular flexibility index (Phi) is 7.59. The van der Waals surface area contributed by atoms with E-state index in [1.54, 1.807) is 24.5 Å². The highest BCUT2D eigenvalue weighted by molar-refractivity contribution is 9.10. The molecule has 3 rings (SSSR count). The van der Waals surface area contributed by atoms with Crippen LogP contribution < -0.4 is 5.32 Å². The Morgan fingerprint density at radius 1 is 1.29 bits per heavy atom. The number of carbonyl (C=O) groups excluding carboxylic acids is 1. The van der Waals surface area contributed by atoms with Gasteiger partial charge in [-0.15, -0.1) is 0 Å². The molecule has 0 fully saturated rings. The molecule has 1 aliphatic rings. The van der Waals surface area contributed by atoms with Crippen LogP contribution in [0.3, 0.4) is 0 Å². The first-order chi connectivity index (χ1) is 13.7. The molecular weight excluding hydrogens is 424 g/mol. The number of anilines is 1. The lowest BCUT2D eigenvalue weighted by atomic mass is 9.93. The van der Waals surface area contributed by atoms with Gasteiger partial charge >= 0.3 is 0 Å². The molecule has 2 aromatic rings. The minimum Gasteiger partial charge on any atom is -0.459 e. The number of benzene rings is 1. The van der Waals surface area contributed by atoms with E-state index in [-0.39, 0.29) is 24.2 Å². The zero-order valence-electron chi connectivity index (χ0n) is 15.4. The lowest BCUT2D eigenvalue weighted by molar-refractivity contribution is -0.143. The number of rotatable bonds is 8. The first-order valence-corrected chi connectivity index (χ1v) is 10.0. The molecule has 1 aromatic heterocycles. The van der Waals surface area contributed by atoms with E-state index in [1.807, 2.05) is 30.3 Å². The normalized spacial score (nSPS) is 18.9. The van der Waals surface area contributed by atoms with E-state index in [2.05, 4.69) is 26.2 Å². The lowest BCUT2D eigenvalue weighted by Gasteiger charge is -2.29. The van der Waals surface area contributed by atoms with Gasteiger partial charge in [-0.1, -0.05) is 28.1 Å². The average Bonchev–Trinajstić information content (AvgIpc) is 2.72. The third-order valence-corrected chi connectivity index (χ3v) is 4.88. The predicted molar refractivity (Wildman–Crippen MR) is 110 cm³/mol. The molecule has 0 radical (unpaired) electrons. The number of hydrogen-bond donors (Lipinski definition) is 2. The number of halogens is 1. The number of aromatic nitrogens is 1. The SMILES string of the molecule is O=C(Nc1cccnc1)C1=C[C@H](c2ccc(Br)cc2)C[C@H](OCCCCO)O1. The second-order valence-electron chi connectivity index (χ2n) is 6.47. The number of nitrogens with one attached hydrogen (secondary N) is 1. The van der Waals surface area contributed by atoms with Gasteiger partial charge in [-0.25, -0.2) is 0 Å². The Morgan fingerprint density at radius 3 is 2.82 bits per heavy atom. The number of amides is 1. The van der Waals surface area contributed by atoms with Gasteiger partial charge in [-0.3, -0.25) is 9.78 Å². The molecule has 148 valence electrons. The Labute approximate surface area is 172 Å².